The first-order chi connectivity index (χ1) is 6.65. The Hall–Kier alpha value is -1.64. The summed E-state index contributed by atoms with van der Waals surface area (Å²) in [6, 6.07) is 3.72. The minimum absolute atomic E-state index is 0.653. The summed E-state index contributed by atoms with van der Waals surface area (Å²) in [6.07, 6.45) is 4.36. The smallest absolute Gasteiger partial charge is 0.152 e. The van der Waals surface area contributed by atoms with Crippen LogP contribution in [0, 0.1) is 6.92 Å². The summed E-state index contributed by atoms with van der Waals surface area (Å²) in [5.74, 6) is 0. The van der Waals surface area contributed by atoms with Gasteiger partial charge in [0.15, 0.2) is 6.29 Å². The Morgan fingerprint density at radius 3 is 2.71 bits per heavy atom. The molecule has 3 nitrogen and oxygen atoms in total. The van der Waals surface area contributed by atoms with E-state index in [0.717, 1.165) is 17.5 Å². The lowest BCUT2D eigenvalue weighted by Crippen LogP contribution is -2.04. The molecule has 0 bridgehead atoms. The van der Waals surface area contributed by atoms with Crippen molar-refractivity contribution in [3.8, 4) is 0 Å². The van der Waals surface area contributed by atoms with Gasteiger partial charge in [-0.05, 0) is 13.0 Å². The molecule has 3 heteroatoms. The van der Waals surface area contributed by atoms with Crippen LogP contribution in [0.25, 0.3) is 5.57 Å². The number of pyridine rings is 1. The maximum atomic E-state index is 10.9. The molecule has 1 aromatic heterocycles. The SMILES string of the molecule is Cc1ncccc1/C(C=O)=C/N(C)C. The van der Waals surface area contributed by atoms with Gasteiger partial charge in [-0.15, -0.1) is 0 Å². The maximum absolute atomic E-state index is 10.9. The summed E-state index contributed by atoms with van der Waals surface area (Å²) >= 11 is 0. The van der Waals surface area contributed by atoms with Gasteiger partial charge in [0.05, 0.1) is 0 Å². The second-order valence-electron chi connectivity index (χ2n) is 3.30. The fraction of sp³-hybridized carbons (Fsp3) is 0.273. The molecule has 14 heavy (non-hydrogen) atoms. The van der Waals surface area contributed by atoms with Crippen molar-refractivity contribution in [2.24, 2.45) is 0 Å². The molecule has 1 rings (SSSR count). The van der Waals surface area contributed by atoms with Gasteiger partial charge in [-0.3, -0.25) is 9.78 Å². The third kappa shape index (κ3) is 2.42. The predicted molar refractivity (Wildman–Crippen MR) is 56.7 cm³/mol. The molecule has 0 atom stereocenters. The van der Waals surface area contributed by atoms with E-state index in [1.54, 1.807) is 12.4 Å². The average Bonchev–Trinajstić information content (AvgIpc) is 2.15. The summed E-state index contributed by atoms with van der Waals surface area (Å²) in [5.41, 5.74) is 2.41. The molecule has 0 aromatic carbocycles. The highest BCUT2D eigenvalue weighted by atomic mass is 16.1. The minimum Gasteiger partial charge on any atom is -0.383 e. The zero-order valence-corrected chi connectivity index (χ0v) is 8.69. The summed E-state index contributed by atoms with van der Waals surface area (Å²) in [4.78, 5) is 16.9. The molecule has 1 heterocycles. The highest BCUT2D eigenvalue weighted by Gasteiger charge is 2.04. The number of allylic oxidation sites excluding steroid dienone is 1. The molecule has 0 N–H and O–H groups in total. The largest absolute Gasteiger partial charge is 0.383 e. The van der Waals surface area contributed by atoms with Gasteiger partial charge in [0.25, 0.3) is 0 Å². The minimum atomic E-state index is 0.653. The molecular formula is C11H14N2O. The van der Waals surface area contributed by atoms with Gasteiger partial charge in [0.2, 0.25) is 0 Å². The maximum Gasteiger partial charge on any atom is 0.152 e. The number of hydrogen-bond acceptors (Lipinski definition) is 3. The number of hydrogen-bond donors (Lipinski definition) is 0. The van der Waals surface area contributed by atoms with Gasteiger partial charge < -0.3 is 4.90 Å². The number of carbonyl (C=O) groups is 1. The topological polar surface area (TPSA) is 33.2 Å². The zero-order chi connectivity index (χ0) is 10.6. The highest BCUT2D eigenvalue weighted by molar-refractivity contribution is 6.07. The van der Waals surface area contributed by atoms with Crippen LogP contribution >= 0.6 is 0 Å². The van der Waals surface area contributed by atoms with Crippen LogP contribution in [-0.2, 0) is 4.79 Å². The van der Waals surface area contributed by atoms with Gasteiger partial charge >= 0.3 is 0 Å². The molecule has 0 aliphatic heterocycles. The quantitative estimate of drug-likeness (QED) is 0.535. The molecule has 0 spiro atoms. The number of aldehydes is 1. The molecule has 0 aliphatic carbocycles. The molecule has 0 aliphatic rings. The van der Waals surface area contributed by atoms with Crippen LogP contribution in [-0.4, -0.2) is 30.3 Å². The van der Waals surface area contributed by atoms with Crippen LogP contribution in [0.15, 0.2) is 24.5 Å². The molecule has 0 saturated heterocycles. The van der Waals surface area contributed by atoms with E-state index in [-0.39, 0.29) is 0 Å². The van der Waals surface area contributed by atoms with Crippen molar-refractivity contribution in [3.05, 3.63) is 35.8 Å². The van der Waals surface area contributed by atoms with E-state index >= 15 is 0 Å². The molecule has 0 saturated carbocycles. The van der Waals surface area contributed by atoms with Gasteiger partial charge in [-0.25, -0.2) is 0 Å². The van der Waals surface area contributed by atoms with Crippen molar-refractivity contribution in [2.75, 3.05) is 14.1 Å². The summed E-state index contributed by atoms with van der Waals surface area (Å²) < 4.78 is 0. The first-order valence-corrected chi connectivity index (χ1v) is 4.40. The molecule has 74 valence electrons. The number of aryl methyl sites for hydroxylation is 1. The monoisotopic (exact) mass is 190 g/mol. The highest BCUT2D eigenvalue weighted by Crippen LogP contribution is 2.14. The first-order valence-electron chi connectivity index (χ1n) is 4.40. The van der Waals surface area contributed by atoms with Crippen molar-refractivity contribution in [1.82, 2.24) is 9.88 Å². The van der Waals surface area contributed by atoms with Crippen LogP contribution in [0.2, 0.25) is 0 Å². The Kier molecular flexibility index (Phi) is 3.40. The summed E-state index contributed by atoms with van der Waals surface area (Å²) in [6.45, 7) is 1.89. The standard InChI is InChI=1S/C11H14N2O/c1-9-11(5-4-6-12-9)10(8-14)7-13(2)3/h4-8H,1-3H3/b10-7+. The van der Waals surface area contributed by atoms with Crippen molar-refractivity contribution in [3.63, 3.8) is 0 Å². The molecule has 0 amide bonds. The second kappa shape index (κ2) is 4.56. The van der Waals surface area contributed by atoms with Crippen molar-refractivity contribution in [2.45, 2.75) is 6.92 Å². The Bertz CT molecular complexity index is 356. The molecular weight excluding hydrogens is 176 g/mol. The number of carbonyl (C=O) groups excluding carboxylic acids is 1. The lowest BCUT2D eigenvalue weighted by Gasteiger charge is -2.08. The predicted octanol–water partition coefficient (Wildman–Crippen LogP) is 1.49. The van der Waals surface area contributed by atoms with E-state index in [9.17, 15) is 4.79 Å². The Morgan fingerprint density at radius 1 is 1.50 bits per heavy atom. The van der Waals surface area contributed by atoms with E-state index in [4.69, 9.17) is 0 Å². The molecule has 0 radical (unpaired) electrons. The van der Waals surface area contributed by atoms with E-state index < -0.39 is 0 Å². The fourth-order valence-corrected chi connectivity index (χ4v) is 1.23. The van der Waals surface area contributed by atoms with Crippen molar-refractivity contribution >= 4 is 11.9 Å². The Morgan fingerprint density at radius 2 is 2.21 bits per heavy atom. The third-order valence-corrected chi connectivity index (χ3v) is 1.84. The Balaban J connectivity index is 3.13. The summed E-state index contributed by atoms with van der Waals surface area (Å²) in [7, 11) is 3.77. The fourth-order valence-electron chi connectivity index (χ4n) is 1.23. The van der Waals surface area contributed by atoms with Gasteiger partial charge in [-0.1, -0.05) is 6.07 Å². The van der Waals surface area contributed by atoms with Gasteiger partial charge in [-0.2, -0.15) is 0 Å². The van der Waals surface area contributed by atoms with Crippen LogP contribution in [0.5, 0.6) is 0 Å². The van der Waals surface area contributed by atoms with Crippen molar-refractivity contribution in [1.29, 1.82) is 0 Å². The molecule has 0 unspecified atom stereocenters. The first kappa shape index (κ1) is 10.4. The van der Waals surface area contributed by atoms with E-state index in [1.165, 1.54) is 0 Å². The summed E-state index contributed by atoms with van der Waals surface area (Å²) in [5, 5.41) is 0. The number of aromatic nitrogens is 1. The van der Waals surface area contributed by atoms with Gasteiger partial charge in [0, 0.05) is 43.3 Å². The average molecular weight is 190 g/mol. The number of nitrogens with zero attached hydrogens (tertiary/aromatic N) is 2. The molecule has 1 aromatic rings. The second-order valence-corrected chi connectivity index (χ2v) is 3.30. The molecule has 0 fully saturated rings. The van der Waals surface area contributed by atoms with Crippen LogP contribution < -0.4 is 0 Å². The van der Waals surface area contributed by atoms with E-state index in [2.05, 4.69) is 4.98 Å². The third-order valence-electron chi connectivity index (χ3n) is 1.84. The Labute approximate surface area is 84.1 Å². The normalized spacial score (nSPS) is 11.2. The van der Waals surface area contributed by atoms with Crippen LogP contribution in [0.4, 0.5) is 0 Å². The van der Waals surface area contributed by atoms with Crippen LogP contribution in [0.3, 0.4) is 0 Å². The van der Waals surface area contributed by atoms with E-state index in [1.807, 2.05) is 38.1 Å². The van der Waals surface area contributed by atoms with Crippen LogP contribution in [0.1, 0.15) is 11.3 Å². The number of rotatable bonds is 3. The lowest BCUT2D eigenvalue weighted by atomic mass is 10.1. The van der Waals surface area contributed by atoms with Crippen molar-refractivity contribution < 1.29 is 4.79 Å². The van der Waals surface area contributed by atoms with Gasteiger partial charge in [0.1, 0.15) is 0 Å². The zero-order valence-electron chi connectivity index (χ0n) is 8.69. The van der Waals surface area contributed by atoms with E-state index in [0.29, 0.717) is 5.57 Å². The lowest BCUT2D eigenvalue weighted by molar-refractivity contribution is -0.103.